The van der Waals surface area contributed by atoms with Gasteiger partial charge in [0.25, 0.3) is 5.91 Å². The average Bonchev–Trinajstić information content (AvgIpc) is 3.33. The standard InChI is InChI=1S/C22H20BrN3O2S/c1-25(12-20-19(23)11-24-26(20)2)22(27)21-9-15(14-29-21)13-28-18-8-7-16-5-3-4-6-17(16)10-18/h3-11,14H,12-13H2,1-2H3. The molecule has 2 aromatic carbocycles. The molecule has 1 amide bonds. The van der Waals surface area contributed by atoms with Crippen LogP contribution in [0.15, 0.2) is 64.6 Å². The van der Waals surface area contributed by atoms with Crippen LogP contribution < -0.4 is 4.74 Å². The molecule has 2 heterocycles. The number of hydrogen-bond acceptors (Lipinski definition) is 4. The number of carbonyl (C=O) groups is 1. The number of halogens is 1. The van der Waals surface area contributed by atoms with E-state index in [2.05, 4.69) is 39.2 Å². The zero-order valence-electron chi connectivity index (χ0n) is 16.1. The number of ether oxygens (including phenoxy) is 1. The fraction of sp³-hybridized carbons (Fsp3) is 0.182. The molecular weight excluding hydrogens is 450 g/mol. The van der Waals surface area contributed by atoms with Crippen molar-refractivity contribution in [2.75, 3.05) is 7.05 Å². The number of amides is 1. The first-order valence-corrected chi connectivity index (χ1v) is 10.8. The Bertz CT molecular complexity index is 1150. The summed E-state index contributed by atoms with van der Waals surface area (Å²) in [6, 6.07) is 16.2. The summed E-state index contributed by atoms with van der Waals surface area (Å²) in [7, 11) is 3.67. The molecule has 0 saturated carbocycles. The number of carbonyl (C=O) groups excluding carboxylic acids is 1. The van der Waals surface area contributed by atoms with Gasteiger partial charge in [-0.05, 0) is 50.3 Å². The number of benzene rings is 2. The Balaban J connectivity index is 1.40. The maximum Gasteiger partial charge on any atom is 0.264 e. The molecule has 0 aliphatic rings. The molecule has 0 N–H and O–H groups in total. The maximum absolute atomic E-state index is 12.8. The van der Waals surface area contributed by atoms with Gasteiger partial charge in [0, 0.05) is 19.7 Å². The second kappa shape index (κ2) is 8.39. The number of nitrogens with zero attached hydrogens (tertiary/aromatic N) is 3. The van der Waals surface area contributed by atoms with Gasteiger partial charge >= 0.3 is 0 Å². The third-order valence-electron chi connectivity index (χ3n) is 4.74. The van der Waals surface area contributed by atoms with Crippen molar-refractivity contribution in [3.05, 3.63) is 80.7 Å². The van der Waals surface area contributed by atoms with E-state index in [1.807, 2.05) is 42.8 Å². The molecule has 0 saturated heterocycles. The van der Waals surface area contributed by atoms with E-state index in [1.165, 1.54) is 16.7 Å². The molecule has 2 aromatic heterocycles. The van der Waals surface area contributed by atoms with Crippen LogP contribution in [0.1, 0.15) is 20.9 Å². The Hall–Kier alpha value is -2.64. The zero-order chi connectivity index (χ0) is 20.4. The molecule has 0 aliphatic carbocycles. The SMILES string of the molecule is CN(Cc1c(Br)cnn1C)C(=O)c1cc(COc2ccc3ccccc3c2)cs1. The van der Waals surface area contributed by atoms with Crippen LogP contribution in [0.2, 0.25) is 0 Å². The van der Waals surface area contributed by atoms with Gasteiger partial charge in [0.2, 0.25) is 0 Å². The molecule has 4 rings (SSSR count). The number of rotatable bonds is 6. The predicted molar refractivity (Wildman–Crippen MR) is 119 cm³/mol. The largest absolute Gasteiger partial charge is 0.489 e. The number of aryl methyl sites for hydroxylation is 1. The zero-order valence-corrected chi connectivity index (χ0v) is 18.5. The van der Waals surface area contributed by atoms with Crippen molar-refractivity contribution >= 4 is 43.9 Å². The van der Waals surface area contributed by atoms with Gasteiger partial charge < -0.3 is 9.64 Å². The summed E-state index contributed by atoms with van der Waals surface area (Å²) in [5.74, 6) is 0.806. The molecule has 0 unspecified atom stereocenters. The lowest BCUT2D eigenvalue weighted by atomic mass is 10.1. The first-order valence-electron chi connectivity index (χ1n) is 9.12. The summed E-state index contributed by atoms with van der Waals surface area (Å²) in [5, 5.41) is 8.50. The molecule has 0 atom stereocenters. The first-order chi connectivity index (χ1) is 14.0. The van der Waals surface area contributed by atoms with Crippen molar-refractivity contribution in [2.24, 2.45) is 7.05 Å². The van der Waals surface area contributed by atoms with Gasteiger partial charge in [0.1, 0.15) is 12.4 Å². The van der Waals surface area contributed by atoms with Gasteiger partial charge in [-0.1, -0.05) is 30.3 Å². The van der Waals surface area contributed by atoms with Crippen molar-refractivity contribution in [1.29, 1.82) is 0 Å². The Labute approximate surface area is 181 Å². The van der Waals surface area contributed by atoms with E-state index in [9.17, 15) is 4.79 Å². The highest BCUT2D eigenvalue weighted by Crippen LogP contribution is 2.24. The second-order valence-corrected chi connectivity index (χ2v) is 8.61. The molecule has 4 aromatic rings. The minimum absolute atomic E-state index is 0.0138. The van der Waals surface area contributed by atoms with Crippen LogP contribution in [0.3, 0.4) is 0 Å². The van der Waals surface area contributed by atoms with Crippen molar-refractivity contribution in [3.8, 4) is 5.75 Å². The lowest BCUT2D eigenvalue weighted by molar-refractivity contribution is 0.0786. The monoisotopic (exact) mass is 469 g/mol. The van der Waals surface area contributed by atoms with E-state index in [4.69, 9.17) is 4.74 Å². The third-order valence-corrected chi connectivity index (χ3v) is 6.36. The third kappa shape index (κ3) is 4.36. The molecular formula is C22H20BrN3O2S. The Kier molecular flexibility index (Phi) is 5.69. The summed E-state index contributed by atoms with van der Waals surface area (Å²) >= 11 is 4.92. The summed E-state index contributed by atoms with van der Waals surface area (Å²) in [6.07, 6.45) is 1.74. The van der Waals surface area contributed by atoms with E-state index in [0.29, 0.717) is 18.0 Å². The van der Waals surface area contributed by atoms with Gasteiger partial charge in [0.05, 0.1) is 27.8 Å². The van der Waals surface area contributed by atoms with Crippen LogP contribution in [0, 0.1) is 0 Å². The van der Waals surface area contributed by atoms with E-state index < -0.39 is 0 Å². The smallest absolute Gasteiger partial charge is 0.264 e. The molecule has 29 heavy (non-hydrogen) atoms. The Morgan fingerprint density at radius 1 is 1.21 bits per heavy atom. The molecule has 0 aliphatic heterocycles. The molecule has 7 heteroatoms. The lowest BCUT2D eigenvalue weighted by Crippen LogP contribution is -2.26. The maximum atomic E-state index is 12.8. The van der Waals surface area contributed by atoms with Gasteiger partial charge in [-0.15, -0.1) is 11.3 Å². The fourth-order valence-corrected chi connectivity index (χ4v) is 4.45. The van der Waals surface area contributed by atoms with E-state index in [1.54, 1.807) is 22.8 Å². The summed E-state index contributed by atoms with van der Waals surface area (Å²) < 4.78 is 8.60. The lowest BCUT2D eigenvalue weighted by Gasteiger charge is -2.16. The second-order valence-electron chi connectivity index (χ2n) is 6.84. The van der Waals surface area contributed by atoms with E-state index in [-0.39, 0.29) is 5.91 Å². The van der Waals surface area contributed by atoms with E-state index in [0.717, 1.165) is 26.9 Å². The summed E-state index contributed by atoms with van der Waals surface area (Å²) in [4.78, 5) is 15.2. The van der Waals surface area contributed by atoms with Crippen molar-refractivity contribution in [1.82, 2.24) is 14.7 Å². The van der Waals surface area contributed by atoms with Gasteiger partial charge in [0.15, 0.2) is 0 Å². The number of hydrogen-bond donors (Lipinski definition) is 0. The highest BCUT2D eigenvalue weighted by Gasteiger charge is 2.17. The number of aromatic nitrogens is 2. The van der Waals surface area contributed by atoms with Crippen LogP contribution in [0.4, 0.5) is 0 Å². The minimum atomic E-state index is -0.0138. The predicted octanol–water partition coefficient (Wildman–Crippen LogP) is 5.25. The molecule has 0 spiro atoms. The van der Waals surface area contributed by atoms with Crippen LogP contribution >= 0.6 is 27.3 Å². The summed E-state index contributed by atoms with van der Waals surface area (Å²) in [6.45, 7) is 0.913. The molecule has 0 fully saturated rings. The topological polar surface area (TPSA) is 47.4 Å². The quantitative estimate of drug-likeness (QED) is 0.387. The van der Waals surface area contributed by atoms with E-state index >= 15 is 0 Å². The highest BCUT2D eigenvalue weighted by molar-refractivity contribution is 9.10. The van der Waals surface area contributed by atoms with Crippen LogP contribution in [0.25, 0.3) is 10.8 Å². The number of fused-ring (bicyclic) bond motifs is 1. The van der Waals surface area contributed by atoms with Gasteiger partial charge in [-0.3, -0.25) is 9.48 Å². The first kappa shape index (κ1) is 19.7. The van der Waals surface area contributed by atoms with Crippen molar-refractivity contribution < 1.29 is 9.53 Å². The van der Waals surface area contributed by atoms with Crippen LogP contribution in [0.5, 0.6) is 5.75 Å². The summed E-state index contributed by atoms with van der Waals surface area (Å²) in [5.41, 5.74) is 1.94. The average molecular weight is 470 g/mol. The number of thiophene rings is 1. The minimum Gasteiger partial charge on any atom is -0.489 e. The molecule has 5 nitrogen and oxygen atoms in total. The fourth-order valence-electron chi connectivity index (χ4n) is 3.09. The molecule has 0 bridgehead atoms. The Morgan fingerprint density at radius 3 is 2.76 bits per heavy atom. The van der Waals surface area contributed by atoms with Gasteiger partial charge in [-0.25, -0.2) is 0 Å². The molecule has 148 valence electrons. The Morgan fingerprint density at radius 2 is 2.00 bits per heavy atom. The van der Waals surface area contributed by atoms with Crippen LogP contribution in [-0.4, -0.2) is 27.6 Å². The van der Waals surface area contributed by atoms with Gasteiger partial charge in [-0.2, -0.15) is 5.10 Å². The van der Waals surface area contributed by atoms with Crippen molar-refractivity contribution in [2.45, 2.75) is 13.2 Å². The normalized spacial score (nSPS) is 11.0. The van der Waals surface area contributed by atoms with Crippen LogP contribution in [-0.2, 0) is 20.2 Å². The van der Waals surface area contributed by atoms with Crippen molar-refractivity contribution in [3.63, 3.8) is 0 Å². The highest BCUT2D eigenvalue weighted by atomic mass is 79.9. The molecule has 0 radical (unpaired) electrons.